The molecule has 0 radical (unpaired) electrons. The van der Waals surface area contributed by atoms with Gasteiger partial charge in [0.1, 0.15) is 0 Å². The Morgan fingerprint density at radius 1 is 1.18 bits per heavy atom. The lowest BCUT2D eigenvalue weighted by molar-refractivity contribution is 0.793. The third kappa shape index (κ3) is 2.18. The number of benzene rings is 1. The van der Waals surface area contributed by atoms with E-state index in [0.717, 1.165) is 29.8 Å². The Labute approximate surface area is 101 Å². The van der Waals surface area contributed by atoms with Crippen molar-refractivity contribution in [3.8, 4) is 5.69 Å². The molecule has 3 nitrogen and oxygen atoms in total. The standard InChI is InChI=1S/C14H18N2O/c1-4-5-13-11(3)14(17)16(15-13)12-8-6-10(2)7-9-12/h6-9,15H,4-5H2,1-3H3. The number of hydrogen-bond acceptors (Lipinski definition) is 1. The van der Waals surface area contributed by atoms with Gasteiger partial charge in [-0.25, -0.2) is 4.68 Å². The largest absolute Gasteiger partial charge is 0.295 e. The molecule has 0 saturated heterocycles. The predicted molar refractivity (Wildman–Crippen MR) is 69.9 cm³/mol. The quantitative estimate of drug-likeness (QED) is 0.865. The Morgan fingerprint density at radius 3 is 2.41 bits per heavy atom. The zero-order chi connectivity index (χ0) is 12.4. The molecule has 1 aromatic heterocycles. The lowest BCUT2D eigenvalue weighted by Gasteiger charge is -2.02. The Balaban J connectivity index is 2.49. The minimum absolute atomic E-state index is 0.0531. The van der Waals surface area contributed by atoms with Crippen LogP contribution in [0.2, 0.25) is 0 Å². The fraction of sp³-hybridized carbons (Fsp3) is 0.357. The van der Waals surface area contributed by atoms with Gasteiger partial charge in [-0.1, -0.05) is 31.0 Å². The highest BCUT2D eigenvalue weighted by molar-refractivity contribution is 5.35. The number of H-pyrrole nitrogens is 1. The van der Waals surface area contributed by atoms with Crippen molar-refractivity contribution >= 4 is 0 Å². The van der Waals surface area contributed by atoms with Crippen LogP contribution in [-0.2, 0) is 6.42 Å². The Morgan fingerprint density at radius 2 is 1.82 bits per heavy atom. The zero-order valence-corrected chi connectivity index (χ0v) is 10.6. The van der Waals surface area contributed by atoms with Crippen LogP contribution in [0.4, 0.5) is 0 Å². The molecule has 0 aliphatic carbocycles. The Bertz CT molecular complexity index is 561. The molecule has 3 heteroatoms. The van der Waals surface area contributed by atoms with Crippen molar-refractivity contribution in [2.24, 2.45) is 0 Å². The molecular weight excluding hydrogens is 212 g/mol. The molecule has 0 saturated carbocycles. The molecule has 0 aliphatic heterocycles. The van der Waals surface area contributed by atoms with E-state index in [-0.39, 0.29) is 5.56 Å². The fourth-order valence-corrected chi connectivity index (χ4v) is 1.94. The maximum absolute atomic E-state index is 12.1. The van der Waals surface area contributed by atoms with Crippen molar-refractivity contribution in [1.29, 1.82) is 0 Å². The van der Waals surface area contributed by atoms with Crippen LogP contribution in [0.25, 0.3) is 5.69 Å². The molecule has 17 heavy (non-hydrogen) atoms. The number of aromatic amines is 1. The van der Waals surface area contributed by atoms with Gasteiger partial charge in [0.25, 0.3) is 5.56 Å². The van der Waals surface area contributed by atoms with Crippen LogP contribution in [0.1, 0.15) is 30.2 Å². The second-order valence-corrected chi connectivity index (χ2v) is 4.44. The summed E-state index contributed by atoms with van der Waals surface area (Å²) in [4.78, 5) is 12.1. The summed E-state index contributed by atoms with van der Waals surface area (Å²) in [5.74, 6) is 0. The molecule has 2 aromatic rings. The van der Waals surface area contributed by atoms with Crippen molar-refractivity contribution < 1.29 is 0 Å². The first kappa shape index (κ1) is 11.7. The number of nitrogens with one attached hydrogen (secondary N) is 1. The van der Waals surface area contributed by atoms with Crippen LogP contribution in [0.3, 0.4) is 0 Å². The van der Waals surface area contributed by atoms with Gasteiger partial charge in [0.05, 0.1) is 5.69 Å². The van der Waals surface area contributed by atoms with E-state index in [1.807, 2.05) is 38.1 Å². The van der Waals surface area contributed by atoms with E-state index in [0.29, 0.717) is 0 Å². The molecule has 0 spiro atoms. The maximum atomic E-state index is 12.1. The van der Waals surface area contributed by atoms with Crippen molar-refractivity contribution in [2.45, 2.75) is 33.6 Å². The number of aromatic nitrogens is 2. The molecule has 2 rings (SSSR count). The molecule has 1 aromatic carbocycles. The van der Waals surface area contributed by atoms with Gasteiger partial charge in [-0.3, -0.25) is 9.89 Å². The first-order valence-corrected chi connectivity index (χ1v) is 6.01. The zero-order valence-electron chi connectivity index (χ0n) is 10.6. The molecule has 1 heterocycles. The SMILES string of the molecule is CCCc1[nH]n(-c2ccc(C)cc2)c(=O)c1C. The average molecular weight is 230 g/mol. The van der Waals surface area contributed by atoms with Crippen molar-refractivity contribution in [2.75, 3.05) is 0 Å². The predicted octanol–water partition coefficient (Wildman–Crippen LogP) is 2.73. The van der Waals surface area contributed by atoms with Gasteiger partial charge in [0.2, 0.25) is 0 Å². The summed E-state index contributed by atoms with van der Waals surface area (Å²) in [6.07, 6.45) is 1.95. The Hall–Kier alpha value is -1.77. The van der Waals surface area contributed by atoms with Gasteiger partial charge in [-0.05, 0) is 32.4 Å². The molecular formula is C14H18N2O. The summed E-state index contributed by atoms with van der Waals surface area (Å²) < 4.78 is 1.62. The topological polar surface area (TPSA) is 37.8 Å². The highest BCUT2D eigenvalue weighted by atomic mass is 16.1. The smallest absolute Gasteiger partial charge is 0.274 e. The molecule has 0 bridgehead atoms. The summed E-state index contributed by atoms with van der Waals surface area (Å²) in [6.45, 7) is 6.03. The third-order valence-electron chi connectivity index (χ3n) is 3.02. The summed E-state index contributed by atoms with van der Waals surface area (Å²) in [7, 11) is 0. The monoisotopic (exact) mass is 230 g/mol. The molecule has 0 amide bonds. The molecule has 0 fully saturated rings. The van der Waals surface area contributed by atoms with Gasteiger partial charge in [-0.15, -0.1) is 0 Å². The van der Waals surface area contributed by atoms with E-state index in [1.54, 1.807) is 4.68 Å². The van der Waals surface area contributed by atoms with E-state index in [1.165, 1.54) is 5.56 Å². The number of rotatable bonds is 3. The second kappa shape index (κ2) is 4.62. The number of aryl methyl sites for hydroxylation is 2. The second-order valence-electron chi connectivity index (χ2n) is 4.44. The van der Waals surface area contributed by atoms with E-state index < -0.39 is 0 Å². The summed E-state index contributed by atoms with van der Waals surface area (Å²) in [5.41, 5.74) is 4.01. The molecule has 0 aliphatic rings. The van der Waals surface area contributed by atoms with Gasteiger partial charge in [0.15, 0.2) is 0 Å². The highest BCUT2D eigenvalue weighted by Gasteiger charge is 2.10. The van der Waals surface area contributed by atoms with E-state index in [4.69, 9.17) is 0 Å². The first-order chi connectivity index (χ1) is 8.13. The van der Waals surface area contributed by atoms with Crippen LogP contribution in [-0.4, -0.2) is 9.78 Å². The van der Waals surface area contributed by atoms with E-state index in [9.17, 15) is 4.79 Å². The van der Waals surface area contributed by atoms with Gasteiger partial charge < -0.3 is 0 Å². The molecule has 0 unspecified atom stereocenters. The normalized spacial score (nSPS) is 10.8. The molecule has 90 valence electrons. The van der Waals surface area contributed by atoms with Crippen molar-refractivity contribution in [3.63, 3.8) is 0 Å². The summed E-state index contributed by atoms with van der Waals surface area (Å²) in [6, 6.07) is 7.94. The lowest BCUT2D eigenvalue weighted by Crippen LogP contribution is -2.15. The van der Waals surface area contributed by atoms with Crippen LogP contribution in [0.15, 0.2) is 29.1 Å². The third-order valence-corrected chi connectivity index (χ3v) is 3.02. The van der Waals surface area contributed by atoms with Gasteiger partial charge in [0, 0.05) is 11.3 Å². The van der Waals surface area contributed by atoms with Crippen LogP contribution in [0, 0.1) is 13.8 Å². The summed E-state index contributed by atoms with van der Waals surface area (Å²) >= 11 is 0. The minimum atomic E-state index is 0.0531. The van der Waals surface area contributed by atoms with Crippen molar-refractivity contribution in [3.05, 3.63) is 51.4 Å². The summed E-state index contributed by atoms with van der Waals surface area (Å²) in [5, 5.41) is 3.19. The molecule has 0 atom stereocenters. The molecule has 1 N–H and O–H groups in total. The Kier molecular flexibility index (Phi) is 3.18. The lowest BCUT2D eigenvalue weighted by atomic mass is 10.2. The number of nitrogens with zero attached hydrogens (tertiary/aromatic N) is 1. The number of hydrogen-bond donors (Lipinski definition) is 1. The average Bonchev–Trinajstić information content (AvgIpc) is 2.59. The first-order valence-electron chi connectivity index (χ1n) is 6.01. The van der Waals surface area contributed by atoms with Crippen LogP contribution in [0.5, 0.6) is 0 Å². The van der Waals surface area contributed by atoms with Crippen LogP contribution >= 0.6 is 0 Å². The van der Waals surface area contributed by atoms with Crippen molar-refractivity contribution in [1.82, 2.24) is 9.78 Å². The maximum Gasteiger partial charge on any atom is 0.274 e. The minimum Gasteiger partial charge on any atom is -0.295 e. The fourth-order valence-electron chi connectivity index (χ4n) is 1.94. The highest BCUT2D eigenvalue weighted by Crippen LogP contribution is 2.09. The van der Waals surface area contributed by atoms with Crippen LogP contribution < -0.4 is 5.56 Å². The van der Waals surface area contributed by atoms with Gasteiger partial charge >= 0.3 is 0 Å². The van der Waals surface area contributed by atoms with E-state index in [2.05, 4.69) is 12.0 Å². The van der Waals surface area contributed by atoms with E-state index >= 15 is 0 Å². The van der Waals surface area contributed by atoms with Gasteiger partial charge in [-0.2, -0.15) is 0 Å².